The molecule has 0 saturated heterocycles. The van der Waals surface area contributed by atoms with Gasteiger partial charge in [-0.15, -0.1) is 35.9 Å². The van der Waals surface area contributed by atoms with Crippen molar-refractivity contribution in [2.75, 3.05) is 0 Å². The second-order valence-corrected chi connectivity index (χ2v) is 7.82. The molecular formula is C29H27IrN6-. The summed E-state index contributed by atoms with van der Waals surface area (Å²) in [5.74, 6) is 0. The van der Waals surface area contributed by atoms with Gasteiger partial charge in [0.05, 0.1) is 36.6 Å². The molecule has 6 aromatic rings. The molecule has 0 aliphatic rings. The molecule has 1 radical (unpaired) electrons. The Morgan fingerprint density at radius 3 is 1.78 bits per heavy atom. The zero-order valence-electron chi connectivity index (χ0n) is 20.1. The number of benzene rings is 3. The van der Waals surface area contributed by atoms with Crippen molar-refractivity contribution in [2.24, 2.45) is 14.1 Å². The van der Waals surface area contributed by atoms with E-state index in [1.807, 2.05) is 121 Å². The first-order chi connectivity index (χ1) is 17.2. The fourth-order valence-electron chi connectivity index (χ4n) is 3.31. The number of aromatic amines is 1. The monoisotopic (exact) mass is 652 g/mol. The van der Waals surface area contributed by atoms with E-state index in [1.165, 1.54) is 5.56 Å². The molecule has 3 aromatic heterocycles. The first kappa shape index (κ1) is 26.5. The maximum atomic E-state index is 4.25. The Morgan fingerprint density at radius 2 is 1.28 bits per heavy atom. The third-order valence-electron chi connectivity index (χ3n) is 5.05. The zero-order valence-corrected chi connectivity index (χ0v) is 22.5. The fourth-order valence-corrected chi connectivity index (χ4v) is 3.31. The van der Waals surface area contributed by atoms with Crippen molar-refractivity contribution in [3.8, 4) is 33.8 Å². The molecule has 0 amide bonds. The molecule has 6 rings (SSSR count). The summed E-state index contributed by atoms with van der Waals surface area (Å²) in [6.07, 6.45) is 11.1. The van der Waals surface area contributed by atoms with Crippen LogP contribution in [-0.2, 0) is 34.2 Å². The maximum Gasteiger partial charge on any atom is 0.0951 e. The molecule has 1 N–H and O–H groups in total. The first-order valence-corrected chi connectivity index (χ1v) is 11.2. The summed E-state index contributed by atoms with van der Waals surface area (Å²) < 4.78 is 3.87. The molecule has 36 heavy (non-hydrogen) atoms. The molecular weight excluding hydrogens is 625 g/mol. The Bertz CT molecular complexity index is 1320. The van der Waals surface area contributed by atoms with Crippen LogP contribution >= 0.6 is 0 Å². The smallest absolute Gasteiger partial charge is 0.0951 e. The van der Waals surface area contributed by atoms with Crippen molar-refractivity contribution < 1.29 is 20.1 Å². The van der Waals surface area contributed by atoms with Crippen LogP contribution in [0, 0.1) is 6.07 Å². The van der Waals surface area contributed by atoms with Crippen LogP contribution in [0.25, 0.3) is 33.8 Å². The molecule has 6 nitrogen and oxygen atoms in total. The van der Waals surface area contributed by atoms with Crippen LogP contribution in [-0.4, -0.2) is 29.1 Å². The van der Waals surface area contributed by atoms with E-state index in [0.717, 1.165) is 28.2 Å². The summed E-state index contributed by atoms with van der Waals surface area (Å²) in [6, 6.07) is 31.2. The van der Waals surface area contributed by atoms with Crippen LogP contribution in [0.3, 0.4) is 0 Å². The molecule has 7 heteroatoms. The van der Waals surface area contributed by atoms with Crippen LogP contribution in [0.1, 0.15) is 0 Å². The van der Waals surface area contributed by atoms with Crippen molar-refractivity contribution in [2.45, 2.75) is 0 Å². The third-order valence-corrected chi connectivity index (χ3v) is 5.05. The number of aryl methyl sites for hydroxylation is 2. The normalized spacial score (nSPS) is 9.72. The van der Waals surface area contributed by atoms with E-state index in [0.29, 0.717) is 0 Å². The summed E-state index contributed by atoms with van der Waals surface area (Å²) in [4.78, 5) is 15.5. The fraction of sp³-hybridized carbons (Fsp3) is 0.0690. The van der Waals surface area contributed by atoms with Crippen LogP contribution < -0.4 is 0 Å². The Hall–Kier alpha value is -4.06. The number of rotatable bonds is 3. The van der Waals surface area contributed by atoms with Gasteiger partial charge < -0.3 is 14.1 Å². The summed E-state index contributed by atoms with van der Waals surface area (Å²) in [6.45, 7) is 0. The van der Waals surface area contributed by atoms with Gasteiger partial charge in [0.15, 0.2) is 0 Å². The molecule has 0 saturated carbocycles. The summed E-state index contributed by atoms with van der Waals surface area (Å²) in [5.41, 5.74) is 6.43. The summed E-state index contributed by atoms with van der Waals surface area (Å²) in [7, 11) is 3.93. The zero-order chi connectivity index (χ0) is 24.3. The quantitative estimate of drug-likeness (QED) is 0.237. The van der Waals surface area contributed by atoms with Gasteiger partial charge in [0, 0.05) is 51.7 Å². The molecule has 183 valence electrons. The van der Waals surface area contributed by atoms with Gasteiger partial charge in [0.1, 0.15) is 0 Å². The van der Waals surface area contributed by atoms with Gasteiger partial charge in [-0.2, -0.15) is 0 Å². The SMILES string of the molecule is Cn1cnc(-c2[c-]cccc2)c1.Cn1cnc(-c2ccccc2)c1.[Ir].c1ccc(-c2cnc[nH]2)cc1. The molecule has 3 heterocycles. The first-order valence-electron chi connectivity index (χ1n) is 11.2. The molecule has 0 fully saturated rings. The second-order valence-electron chi connectivity index (χ2n) is 7.82. The number of nitrogens with one attached hydrogen (secondary N) is 1. The number of H-pyrrole nitrogens is 1. The minimum Gasteiger partial charge on any atom is -0.350 e. The molecule has 0 unspecified atom stereocenters. The number of imidazole rings is 3. The van der Waals surface area contributed by atoms with Gasteiger partial charge in [-0.1, -0.05) is 60.7 Å². The minimum atomic E-state index is 0. The van der Waals surface area contributed by atoms with Gasteiger partial charge in [0.25, 0.3) is 0 Å². The predicted octanol–water partition coefficient (Wildman–Crippen LogP) is 6.05. The molecule has 0 bridgehead atoms. The average molecular weight is 652 g/mol. The second kappa shape index (κ2) is 13.7. The van der Waals surface area contributed by atoms with Crippen LogP contribution in [0.4, 0.5) is 0 Å². The van der Waals surface area contributed by atoms with E-state index in [4.69, 9.17) is 0 Å². The molecule has 3 aromatic carbocycles. The van der Waals surface area contributed by atoms with E-state index in [-0.39, 0.29) is 20.1 Å². The van der Waals surface area contributed by atoms with Gasteiger partial charge >= 0.3 is 0 Å². The van der Waals surface area contributed by atoms with Crippen molar-refractivity contribution in [1.82, 2.24) is 29.1 Å². The average Bonchev–Trinajstić information content (AvgIpc) is 3.69. The van der Waals surface area contributed by atoms with Crippen LogP contribution in [0.15, 0.2) is 123 Å². The van der Waals surface area contributed by atoms with Crippen molar-refractivity contribution in [1.29, 1.82) is 0 Å². The largest absolute Gasteiger partial charge is 0.350 e. The molecule has 0 aliphatic carbocycles. The van der Waals surface area contributed by atoms with E-state index in [1.54, 1.807) is 12.7 Å². The predicted molar refractivity (Wildman–Crippen MR) is 140 cm³/mol. The van der Waals surface area contributed by atoms with Gasteiger partial charge in [-0.25, -0.2) is 9.97 Å². The van der Waals surface area contributed by atoms with Gasteiger partial charge in [-0.05, 0) is 11.8 Å². The minimum absolute atomic E-state index is 0. The summed E-state index contributed by atoms with van der Waals surface area (Å²) in [5, 5.41) is 0. The standard InChI is InChI=1S/C10H10N2.C10H9N2.C9H8N2.Ir/c2*1-12-7-10(11-8-12)9-5-3-2-4-6-9;1-2-4-8(5-3-1)9-6-10-7-11-9;/h2-8H,1H3;2-5,7-8H,1H3;1-7H,(H,10,11);/q;-1;;. The van der Waals surface area contributed by atoms with Crippen LogP contribution in [0.2, 0.25) is 0 Å². The Labute approximate surface area is 225 Å². The van der Waals surface area contributed by atoms with E-state index in [9.17, 15) is 0 Å². The molecule has 0 spiro atoms. The van der Waals surface area contributed by atoms with E-state index < -0.39 is 0 Å². The van der Waals surface area contributed by atoms with Crippen molar-refractivity contribution in [3.63, 3.8) is 0 Å². The number of aromatic nitrogens is 6. The van der Waals surface area contributed by atoms with Gasteiger partial charge in [0.2, 0.25) is 0 Å². The topological polar surface area (TPSA) is 64.3 Å². The molecule has 0 aliphatic heterocycles. The third kappa shape index (κ3) is 7.73. The van der Waals surface area contributed by atoms with Crippen molar-refractivity contribution in [3.05, 3.63) is 129 Å². The van der Waals surface area contributed by atoms with Crippen molar-refractivity contribution >= 4 is 0 Å². The number of nitrogens with zero attached hydrogens (tertiary/aromatic N) is 5. The Morgan fingerprint density at radius 1 is 0.694 bits per heavy atom. The molecule has 0 atom stereocenters. The van der Waals surface area contributed by atoms with Gasteiger partial charge in [-0.3, -0.25) is 4.98 Å². The number of hydrogen-bond donors (Lipinski definition) is 1. The number of hydrogen-bond acceptors (Lipinski definition) is 3. The van der Waals surface area contributed by atoms with Crippen LogP contribution in [0.5, 0.6) is 0 Å². The Balaban J connectivity index is 0.000000149. The van der Waals surface area contributed by atoms with E-state index in [2.05, 4.69) is 38.1 Å². The Kier molecular flexibility index (Phi) is 10.1. The van der Waals surface area contributed by atoms with E-state index >= 15 is 0 Å². The maximum absolute atomic E-state index is 4.25. The summed E-state index contributed by atoms with van der Waals surface area (Å²) >= 11 is 0.